The summed E-state index contributed by atoms with van der Waals surface area (Å²) >= 11 is 0. The predicted molar refractivity (Wildman–Crippen MR) is 72.6 cm³/mol. The van der Waals surface area contributed by atoms with Gasteiger partial charge in [0.2, 0.25) is 11.8 Å². The predicted octanol–water partition coefficient (Wildman–Crippen LogP) is 1.75. The quantitative estimate of drug-likeness (QED) is 0.436. The molecule has 0 N–H and O–H groups in total. The summed E-state index contributed by atoms with van der Waals surface area (Å²) in [4.78, 5) is 26.4. The van der Waals surface area contributed by atoms with Crippen LogP contribution in [0, 0.1) is 23.7 Å². The van der Waals surface area contributed by atoms with E-state index in [1.165, 1.54) is 4.90 Å². The molecule has 0 aromatic rings. The van der Waals surface area contributed by atoms with Crippen LogP contribution in [-0.4, -0.2) is 35.0 Å². The van der Waals surface area contributed by atoms with E-state index >= 15 is 0 Å². The van der Waals surface area contributed by atoms with Crippen molar-refractivity contribution in [1.29, 1.82) is 0 Å². The van der Waals surface area contributed by atoms with Gasteiger partial charge in [0, 0.05) is 18.4 Å². The van der Waals surface area contributed by atoms with E-state index in [-0.39, 0.29) is 47.2 Å². The molecular formula is C16H21NO3. The summed E-state index contributed by atoms with van der Waals surface area (Å²) in [7, 11) is 0. The van der Waals surface area contributed by atoms with Gasteiger partial charge in [-0.3, -0.25) is 14.5 Å². The summed E-state index contributed by atoms with van der Waals surface area (Å²) in [5.41, 5.74) is -0.0536. The Hall–Kier alpha value is -1.16. The molecule has 6 atom stereocenters. The van der Waals surface area contributed by atoms with E-state index in [9.17, 15) is 9.59 Å². The van der Waals surface area contributed by atoms with Crippen molar-refractivity contribution < 1.29 is 14.3 Å². The van der Waals surface area contributed by atoms with E-state index in [0.717, 1.165) is 25.7 Å². The van der Waals surface area contributed by atoms with Gasteiger partial charge in [0.05, 0.1) is 23.5 Å². The molecule has 4 rings (SSSR count). The first-order chi connectivity index (χ1) is 9.65. The molecule has 6 unspecified atom stereocenters. The number of carbonyl (C=O) groups excluding carboxylic acids is 2. The Morgan fingerprint density at radius 1 is 1.40 bits per heavy atom. The lowest BCUT2D eigenvalue weighted by Gasteiger charge is -2.25. The fraction of sp³-hybridized carbons (Fsp3) is 0.750. The van der Waals surface area contributed by atoms with Crippen molar-refractivity contribution in [3.8, 4) is 0 Å². The van der Waals surface area contributed by atoms with E-state index < -0.39 is 0 Å². The average Bonchev–Trinajstić information content (AvgIpc) is 2.85. The molecule has 0 spiro atoms. The van der Waals surface area contributed by atoms with Gasteiger partial charge in [-0.25, -0.2) is 0 Å². The third-order valence-corrected chi connectivity index (χ3v) is 5.93. The number of likely N-dealkylation sites (tertiary alicyclic amines) is 1. The first-order valence-corrected chi connectivity index (χ1v) is 7.79. The molecule has 4 aliphatic rings. The summed E-state index contributed by atoms with van der Waals surface area (Å²) in [6.07, 6.45) is 6.27. The number of hydrogen-bond donors (Lipinski definition) is 0. The van der Waals surface area contributed by atoms with Gasteiger partial charge in [0.1, 0.15) is 0 Å². The summed E-state index contributed by atoms with van der Waals surface area (Å²) in [5, 5.41) is 0. The molecule has 4 fully saturated rings. The van der Waals surface area contributed by atoms with Crippen LogP contribution in [0.1, 0.15) is 32.6 Å². The highest BCUT2D eigenvalue weighted by Gasteiger charge is 2.80. The third kappa shape index (κ3) is 1.26. The Labute approximate surface area is 119 Å². The monoisotopic (exact) mass is 275 g/mol. The Morgan fingerprint density at radius 3 is 2.85 bits per heavy atom. The van der Waals surface area contributed by atoms with Crippen molar-refractivity contribution in [1.82, 2.24) is 4.90 Å². The maximum Gasteiger partial charge on any atom is 0.233 e. The number of fused-ring (bicyclic) bond motifs is 8. The summed E-state index contributed by atoms with van der Waals surface area (Å²) in [5.74, 6) is 0.399. The Bertz CT molecular complexity index is 502. The molecule has 20 heavy (non-hydrogen) atoms. The van der Waals surface area contributed by atoms with E-state index in [1.54, 1.807) is 6.08 Å². The Morgan fingerprint density at radius 2 is 2.15 bits per heavy atom. The van der Waals surface area contributed by atoms with Crippen LogP contribution in [0.3, 0.4) is 0 Å². The molecule has 4 nitrogen and oxygen atoms in total. The molecule has 2 saturated heterocycles. The molecule has 2 amide bonds. The van der Waals surface area contributed by atoms with Crippen LogP contribution in [0.2, 0.25) is 0 Å². The summed E-state index contributed by atoms with van der Waals surface area (Å²) in [6.45, 7) is 6.19. The zero-order valence-corrected chi connectivity index (χ0v) is 11.9. The van der Waals surface area contributed by atoms with Crippen molar-refractivity contribution in [2.24, 2.45) is 23.7 Å². The maximum atomic E-state index is 12.6. The van der Waals surface area contributed by atoms with Crippen LogP contribution < -0.4 is 0 Å². The van der Waals surface area contributed by atoms with Gasteiger partial charge in [-0.15, -0.1) is 6.58 Å². The van der Waals surface area contributed by atoms with Gasteiger partial charge in [-0.05, 0) is 12.8 Å². The smallest absolute Gasteiger partial charge is 0.233 e. The van der Waals surface area contributed by atoms with E-state index in [0.29, 0.717) is 6.54 Å². The number of epoxide rings is 1. The Balaban J connectivity index is 1.62. The van der Waals surface area contributed by atoms with Gasteiger partial charge < -0.3 is 4.74 Å². The number of nitrogens with zero attached hydrogens (tertiary/aromatic N) is 1. The molecule has 2 aliphatic carbocycles. The SMILES string of the molecule is C=CCN1C(=O)C2C3CC(C2C1=O)C1(CCCC)OC31. The first kappa shape index (κ1) is 12.6. The third-order valence-electron chi connectivity index (χ3n) is 5.93. The minimum Gasteiger partial charge on any atom is -0.365 e. The van der Waals surface area contributed by atoms with Crippen LogP contribution in [0.15, 0.2) is 12.7 Å². The standard InChI is InChI=1S/C16H21NO3/c1-3-5-6-16-10-8-9(13(16)20-16)11-12(10)15(19)17(7-4-2)14(11)18/h4,9-13H,2-3,5-8H2,1H3. The zero-order chi connectivity index (χ0) is 14.1. The second-order valence-electron chi connectivity index (χ2n) is 6.73. The number of rotatable bonds is 5. The topological polar surface area (TPSA) is 49.9 Å². The minimum atomic E-state index is -0.108. The molecular weight excluding hydrogens is 254 g/mol. The van der Waals surface area contributed by atoms with Crippen molar-refractivity contribution in [3.63, 3.8) is 0 Å². The molecule has 108 valence electrons. The lowest BCUT2D eigenvalue weighted by atomic mass is 9.73. The lowest BCUT2D eigenvalue weighted by Crippen LogP contribution is -2.37. The summed E-state index contributed by atoms with van der Waals surface area (Å²) < 4.78 is 6.01. The van der Waals surface area contributed by atoms with Crippen LogP contribution >= 0.6 is 0 Å². The molecule has 4 heteroatoms. The average molecular weight is 275 g/mol. The van der Waals surface area contributed by atoms with E-state index in [1.807, 2.05) is 0 Å². The number of ether oxygens (including phenoxy) is 1. The van der Waals surface area contributed by atoms with Crippen molar-refractivity contribution in [2.75, 3.05) is 6.54 Å². The van der Waals surface area contributed by atoms with Crippen LogP contribution in [0.25, 0.3) is 0 Å². The molecule has 0 aromatic heterocycles. The highest BCUT2D eigenvalue weighted by molar-refractivity contribution is 6.06. The number of unbranched alkanes of at least 4 members (excludes halogenated alkanes) is 1. The molecule has 0 radical (unpaired) electrons. The Kier molecular flexibility index (Phi) is 2.48. The van der Waals surface area contributed by atoms with Crippen molar-refractivity contribution >= 4 is 11.8 Å². The van der Waals surface area contributed by atoms with E-state index in [4.69, 9.17) is 4.74 Å². The number of imide groups is 1. The fourth-order valence-electron chi connectivity index (χ4n) is 5.15. The largest absolute Gasteiger partial charge is 0.365 e. The highest BCUT2D eigenvalue weighted by Crippen LogP contribution is 2.71. The maximum absolute atomic E-state index is 12.6. The molecule has 0 aromatic carbocycles. The molecule has 2 aliphatic heterocycles. The first-order valence-electron chi connectivity index (χ1n) is 7.79. The number of hydrogen-bond acceptors (Lipinski definition) is 3. The van der Waals surface area contributed by atoms with E-state index in [2.05, 4.69) is 13.5 Å². The summed E-state index contributed by atoms with van der Waals surface area (Å²) in [6, 6.07) is 0. The number of carbonyl (C=O) groups is 2. The molecule has 2 bridgehead atoms. The second kappa shape index (κ2) is 3.94. The van der Waals surface area contributed by atoms with Crippen LogP contribution in [0.4, 0.5) is 0 Å². The molecule has 2 heterocycles. The highest BCUT2D eigenvalue weighted by atomic mass is 16.6. The lowest BCUT2D eigenvalue weighted by molar-refractivity contribution is -0.140. The van der Waals surface area contributed by atoms with Gasteiger partial charge in [0.15, 0.2) is 0 Å². The van der Waals surface area contributed by atoms with Crippen LogP contribution in [0.5, 0.6) is 0 Å². The molecule has 2 saturated carbocycles. The van der Waals surface area contributed by atoms with Gasteiger partial charge in [-0.2, -0.15) is 0 Å². The number of amides is 2. The van der Waals surface area contributed by atoms with Gasteiger partial charge >= 0.3 is 0 Å². The minimum absolute atomic E-state index is 0.0204. The normalized spacial score (nSPS) is 47.6. The van der Waals surface area contributed by atoms with Crippen molar-refractivity contribution in [2.45, 2.75) is 44.3 Å². The fourth-order valence-corrected chi connectivity index (χ4v) is 5.15. The van der Waals surface area contributed by atoms with Gasteiger partial charge in [0.25, 0.3) is 0 Å². The van der Waals surface area contributed by atoms with Crippen LogP contribution in [-0.2, 0) is 14.3 Å². The van der Waals surface area contributed by atoms with Crippen molar-refractivity contribution in [3.05, 3.63) is 12.7 Å². The zero-order valence-electron chi connectivity index (χ0n) is 11.9. The second-order valence-corrected chi connectivity index (χ2v) is 6.73. The van der Waals surface area contributed by atoms with Gasteiger partial charge in [-0.1, -0.05) is 25.8 Å².